The molecule has 0 radical (unpaired) electrons. The maximum Gasteiger partial charge on any atom is 0.146 e. The van der Waals surface area contributed by atoms with Gasteiger partial charge in [0.05, 0.1) is 17.2 Å². The first-order valence-corrected chi connectivity index (χ1v) is 5.63. The minimum atomic E-state index is -0.359. The molecule has 0 saturated carbocycles. The van der Waals surface area contributed by atoms with Crippen LogP contribution in [-0.4, -0.2) is 9.97 Å². The summed E-state index contributed by atoms with van der Waals surface area (Å²) in [6.07, 6.45) is 5.01. The van der Waals surface area contributed by atoms with Gasteiger partial charge in [-0.25, -0.2) is 9.37 Å². The van der Waals surface area contributed by atoms with Crippen molar-refractivity contribution in [1.29, 1.82) is 0 Å². The molecule has 4 nitrogen and oxygen atoms in total. The second kappa shape index (κ2) is 5.11. The lowest BCUT2D eigenvalue weighted by molar-refractivity contribution is 0.507. The molecule has 0 amide bonds. The molecule has 0 aliphatic heterocycles. The third-order valence-corrected chi connectivity index (χ3v) is 3.04. The Kier molecular flexibility index (Phi) is 3.55. The van der Waals surface area contributed by atoms with Crippen molar-refractivity contribution >= 4 is 11.3 Å². The fourth-order valence-electron chi connectivity index (χ4n) is 1.46. The van der Waals surface area contributed by atoms with Crippen LogP contribution in [0.25, 0.3) is 0 Å². The highest BCUT2D eigenvalue weighted by molar-refractivity contribution is 7.09. The van der Waals surface area contributed by atoms with Crippen molar-refractivity contribution in [3.63, 3.8) is 0 Å². The maximum atomic E-state index is 13.5. The number of hydrazine groups is 1. The Balaban J connectivity index is 2.20. The Hall–Kier alpha value is -1.37. The van der Waals surface area contributed by atoms with E-state index >= 15 is 0 Å². The molecule has 3 N–H and O–H groups in total. The van der Waals surface area contributed by atoms with Crippen LogP contribution >= 0.6 is 11.3 Å². The first-order valence-electron chi connectivity index (χ1n) is 4.75. The standard InChI is InChI=1S/C10H11FN4S/c11-8-6-13-2-1-7(8)9(15-12)5-10-14-3-4-16-10/h1-4,6,9,15H,5,12H2. The number of nitrogens with two attached hydrogens (primary N) is 1. The lowest BCUT2D eigenvalue weighted by atomic mass is 10.1. The predicted octanol–water partition coefficient (Wildman–Crippen LogP) is 1.42. The van der Waals surface area contributed by atoms with Gasteiger partial charge in [-0.05, 0) is 6.07 Å². The summed E-state index contributed by atoms with van der Waals surface area (Å²) < 4.78 is 13.5. The summed E-state index contributed by atoms with van der Waals surface area (Å²) in [5.74, 6) is 5.07. The van der Waals surface area contributed by atoms with Gasteiger partial charge in [0.15, 0.2) is 0 Å². The molecular weight excluding hydrogens is 227 g/mol. The first-order chi connectivity index (χ1) is 7.81. The summed E-state index contributed by atoms with van der Waals surface area (Å²) in [4.78, 5) is 7.85. The smallest absolute Gasteiger partial charge is 0.146 e. The van der Waals surface area contributed by atoms with Crippen LogP contribution < -0.4 is 11.3 Å². The highest BCUT2D eigenvalue weighted by Crippen LogP contribution is 2.20. The molecule has 0 aliphatic rings. The number of thiazole rings is 1. The molecule has 0 saturated heterocycles. The molecule has 0 aromatic carbocycles. The monoisotopic (exact) mass is 238 g/mol. The molecule has 1 unspecified atom stereocenters. The lowest BCUT2D eigenvalue weighted by Gasteiger charge is -2.15. The molecule has 2 heterocycles. The Labute approximate surface area is 96.3 Å². The van der Waals surface area contributed by atoms with Gasteiger partial charge in [0.2, 0.25) is 0 Å². The highest BCUT2D eigenvalue weighted by Gasteiger charge is 2.15. The van der Waals surface area contributed by atoms with E-state index in [9.17, 15) is 4.39 Å². The third kappa shape index (κ3) is 2.41. The van der Waals surface area contributed by atoms with Crippen LogP contribution in [0.2, 0.25) is 0 Å². The summed E-state index contributed by atoms with van der Waals surface area (Å²) in [5, 5.41) is 2.80. The van der Waals surface area contributed by atoms with E-state index < -0.39 is 0 Å². The minimum absolute atomic E-state index is 0.283. The fraction of sp³-hybridized carbons (Fsp3) is 0.200. The number of rotatable bonds is 4. The molecule has 2 rings (SSSR count). The molecule has 0 fully saturated rings. The van der Waals surface area contributed by atoms with Crippen molar-refractivity contribution in [2.24, 2.45) is 5.84 Å². The van der Waals surface area contributed by atoms with Crippen LogP contribution in [0, 0.1) is 5.82 Å². The number of pyridine rings is 1. The van der Waals surface area contributed by atoms with Gasteiger partial charge < -0.3 is 0 Å². The Morgan fingerprint density at radius 3 is 3.00 bits per heavy atom. The van der Waals surface area contributed by atoms with Gasteiger partial charge in [0, 0.05) is 29.8 Å². The van der Waals surface area contributed by atoms with Gasteiger partial charge in [-0.15, -0.1) is 11.3 Å². The minimum Gasteiger partial charge on any atom is -0.271 e. The van der Waals surface area contributed by atoms with E-state index in [0.717, 1.165) is 5.01 Å². The topological polar surface area (TPSA) is 63.8 Å². The number of hydrogen-bond donors (Lipinski definition) is 2. The van der Waals surface area contributed by atoms with Crippen molar-refractivity contribution < 1.29 is 4.39 Å². The van der Waals surface area contributed by atoms with Crippen molar-refractivity contribution in [3.8, 4) is 0 Å². The molecule has 0 bridgehead atoms. The van der Waals surface area contributed by atoms with Gasteiger partial charge in [-0.1, -0.05) is 0 Å². The molecule has 16 heavy (non-hydrogen) atoms. The van der Waals surface area contributed by atoms with E-state index in [1.807, 2.05) is 5.38 Å². The molecule has 2 aromatic heterocycles. The third-order valence-electron chi connectivity index (χ3n) is 2.24. The second-order valence-corrected chi connectivity index (χ2v) is 4.23. The predicted molar refractivity (Wildman–Crippen MR) is 60.1 cm³/mol. The van der Waals surface area contributed by atoms with E-state index in [-0.39, 0.29) is 11.9 Å². The van der Waals surface area contributed by atoms with Crippen molar-refractivity contribution in [2.75, 3.05) is 0 Å². The number of halogens is 1. The quantitative estimate of drug-likeness (QED) is 0.624. The molecular formula is C10H11FN4S. The number of aromatic nitrogens is 2. The van der Waals surface area contributed by atoms with Crippen molar-refractivity contribution in [1.82, 2.24) is 15.4 Å². The number of nitrogens with zero attached hydrogens (tertiary/aromatic N) is 2. The van der Waals surface area contributed by atoms with Crippen molar-refractivity contribution in [3.05, 3.63) is 46.4 Å². The van der Waals surface area contributed by atoms with E-state index in [1.54, 1.807) is 18.5 Å². The average molecular weight is 238 g/mol. The zero-order valence-electron chi connectivity index (χ0n) is 8.43. The van der Waals surface area contributed by atoms with Gasteiger partial charge in [-0.3, -0.25) is 16.3 Å². The summed E-state index contributed by atoms with van der Waals surface area (Å²) >= 11 is 1.52. The van der Waals surface area contributed by atoms with E-state index in [0.29, 0.717) is 12.0 Å². The SMILES string of the molecule is NNC(Cc1nccs1)c1ccncc1F. The largest absolute Gasteiger partial charge is 0.271 e. The average Bonchev–Trinajstić information content (AvgIpc) is 2.80. The normalized spacial score (nSPS) is 12.6. The van der Waals surface area contributed by atoms with E-state index in [2.05, 4.69) is 15.4 Å². The van der Waals surface area contributed by atoms with Gasteiger partial charge in [0.25, 0.3) is 0 Å². The molecule has 2 aromatic rings. The number of nitrogens with one attached hydrogen (secondary N) is 1. The molecule has 6 heteroatoms. The van der Waals surface area contributed by atoms with Gasteiger partial charge in [-0.2, -0.15) is 0 Å². The van der Waals surface area contributed by atoms with Crippen molar-refractivity contribution in [2.45, 2.75) is 12.5 Å². The molecule has 84 valence electrons. The first kappa shape index (κ1) is 11.1. The molecule has 1 atom stereocenters. The van der Waals surface area contributed by atoms with Crippen LogP contribution in [0.3, 0.4) is 0 Å². The summed E-state index contributed by atoms with van der Waals surface area (Å²) in [7, 11) is 0. The Morgan fingerprint density at radius 2 is 2.38 bits per heavy atom. The highest BCUT2D eigenvalue weighted by atomic mass is 32.1. The summed E-state index contributed by atoms with van der Waals surface area (Å²) in [6, 6.07) is 1.34. The van der Waals surface area contributed by atoms with Crippen LogP contribution in [0.4, 0.5) is 4.39 Å². The zero-order chi connectivity index (χ0) is 11.4. The molecule has 0 spiro atoms. The number of hydrogen-bond acceptors (Lipinski definition) is 5. The maximum absolute atomic E-state index is 13.5. The Bertz CT molecular complexity index is 446. The van der Waals surface area contributed by atoms with E-state index in [1.165, 1.54) is 17.5 Å². The van der Waals surface area contributed by atoms with Gasteiger partial charge in [0.1, 0.15) is 5.82 Å². The van der Waals surface area contributed by atoms with Gasteiger partial charge >= 0.3 is 0 Å². The van der Waals surface area contributed by atoms with E-state index in [4.69, 9.17) is 5.84 Å². The van der Waals surface area contributed by atoms with Crippen LogP contribution in [0.1, 0.15) is 16.6 Å². The fourth-order valence-corrected chi connectivity index (χ4v) is 2.12. The molecule has 0 aliphatic carbocycles. The Morgan fingerprint density at radius 1 is 1.50 bits per heavy atom. The second-order valence-electron chi connectivity index (χ2n) is 3.25. The van der Waals surface area contributed by atoms with Crippen LogP contribution in [0.15, 0.2) is 30.0 Å². The summed E-state index contributed by atoms with van der Waals surface area (Å²) in [5.41, 5.74) is 3.10. The summed E-state index contributed by atoms with van der Waals surface area (Å²) in [6.45, 7) is 0. The lowest BCUT2D eigenvalue weighted by Crippen LogP contribution is -2.30. The zero-order valence-corrected chi connectivity index (χ0v) is 9.25. The van der Waals surface area contributed by atoms with Crippen LogP contribution in [0.5, 0.6) is 0 Å². The van der Waals surface area contributed by atoms with Crippen LogP contribution in [-0.2, 0) is 6.42 Å².